The van der Waals surface area contributed by atoms with Gasteiger partial charge in [0.2, 0.25) is 0 Å². The Morgan fingerprint density at radius 1 is 1.17 bits per heavy atom. The van der Waals surface area contributed by atoms with Crippen molar-refractivity contribution in [2.24, 2.45) is 0 Å². The average molecular weight is 333 g/mol. The van der Waals surface area contributed by atoms with Crippen LogP contribution < -0.4 is 10.1 Å². The Bertz CT molecular complexity index is 498. The van der Waals surface area contributed by atoms with Crippen molar-refractivity contribution >= 4 is 5.97 Å². The molecule has 4 nitrogen and oxygen atoms in total. The zero-order valence-electron chi connectivity index (χ0n) is 13.5. The average Bonchev–Trinajstić information content (AvgIpc) is 2.43. The fourth-order valence-corrected chi connectivity index (χ4v) is 1.85. The molecule has 0 spiro atoms. The number of hydrogen-bond acceptors (Lipinski definition) is 4. The third-order valence-electron chi connectivity index (χ3n) is 2.99. The molecule has 0 aromatic heterocycles. The molecule has 0 saturated heterocycles. The molecule has 0 atom stereocenters. The maximum atomic E-state index is 12.1. The van der Waals surface area contributed by atoms with Crippen LogP contribution in [0, 0.1) is 0 Å². The van der Waals surface area contributed by atoms with E-state index in [4.69, 9.17) is 4.74 Å². The van der Waals surface area contributed by atoms with Crippen molar-refractivity contribution in [3.63, 3.8) is 0 Å². The van der Waals surface area contributed by atoms with Gasteiger partial charge >= 0.3 is 12.1 Å². The molecule has 1 aromatic rings. The lowest BCUT2D eigenvalue weighted by Crippen LogP contribution is -2.41. The number of benzene rings is 1. The van der Waals surface area contributed by atoms with Crippen molar-refractivity contribution in [2.75, 3.05) is 13.2 Å². The molecular weight excluding hydrogens is 311 g/mol. The minimum Gasteiger partial charge on any atom is -0.484 e. The molecule has 0 fully saturated rings. The van der Waals surface area contributed by atoms with E-state index < -0.39 is 18.3 Å². The molecule has 0 radical (unpaired) electrons. The molecule has 0 heterocycles. The van der Waals surface area contributed by atoms with Gasteiger partial charge in [-0.15, -0.1) is 0 Å². The van der Waals surface area contributed by atoms with E-state index >= 15 is 0 Å². The summed E-state index contributed by atoms with van der Waals surface area (Å²) in [7, 11) is 0. The SMILES string of the molecule is CCOC(=O)CC(C)(C)NCc1ccc(OCC(F)(F)F)cc1. The predicted octanol–water partition coefficient (Wildman–Crippen LogP) is 3.45. The molecule has 0 bridgehead atoms. The number of carbonyl (C=O) groups is 1. The second-order valence-electron chi connectivity index (χ2n) is 5.77. The number of nitrogens with one attached hydrogen (secondary N) is 1. The van der Waals surface area contributed by atoms with Gasteiger partial charge in [0.15, 0.2) is 6.61 Å². The molecule has 0 aliphatic heterocycles. The zero-order valence-corrected chi connectivity index (χ0v) is 13.5. The van der Waals surface area contributed by atoms with Crippen molar-refractivity contribution in [3.8, 4) is 5.75 Å². The van der Waals surface area contributed by atoms with Gasteiger partial charge < -0.3 is 14.8 Å². The Kier molecular flexibility index (Phi) is 6.87. The largest absolute Gasteiger partial charge is 0.484 e. The van der Waals surface area contributed by atoms with Crippen LogP contribution in [0.1, 0.15) is 32.8 Å². The summed E-state index contributed by atoms with van der Waals surface area (Å²) in [5.74, 6) is -0.113. The number of esters is 1. The van der Waals surface area contributed by atoms with Gasteiger partial charge in [0.25, 0.3) is 0 Å². The van der Waals surface area contributed by atoms with Crippen molar-refractivity contribution in [3.05, 3.63) is 29.8 Å². The van der Waals surface area contributed by atoms with Gasteiger partial charge in [-0.25, -0.2) is 0 Å². The normalized spacial score (nSPS) is 12.1. The Morgan fingerprint density at radius 2 is 1.78 bits per heavy atom. The van der Waals surface area contributed by atoms with Crippen LogP contribution in [0.25, 0.3) is 0 Å². The third-order valence-corrected chi connectivity index (χ3v) is 2.99. The maximum absolute atomic E-state index is 12.1. The summed E-state index contributed by atoms with van der Waals surface area (Å²) in [5, 5.41) is 3.22. The molecule has 0 amide bonds. The van der Waals surface area contributed by atoms with Crippen molar-refractivity contribution < 1.29 is 27.4 Å². The number of ether oxygens (including phenoxy) is 2. The number of hydrogen-bond donors (Lipinski definition) is 1. The standard InChI is InChI=1S/C16H22F3NO3/c1-4-22-14(21)9-15(2,3)20-10-12-5-7-13(8-6-12)23-11-16(17,18)19/h5-8,20H,4,9-11H2,1-3H3. The van der Waals surface area contributed by atoms with Gasteiger partial charge in [-0.3, -0.25) is 4.79 Å². The first kappa shape index (κ1) is 19.3. The molecule has 7 heteroatoms. The van der Waals surface area contributed by atoms with E-state index in [1.54, 1.807) is 19.1 Å². The summed E-state index contributed by atoms with van der Waals surface area (Å²) in [6.07, 6.45) is -4.12. The highest BCUT2D eigenvalue weighted by Crippen LogP contribution is 2.19. The van der Waals surface area contributed by atoms with Crippen LogP contribution in [0.15, 0.2) is 24.3 Å². The highest BCUT2D eigenvalue weighted by Gasteiger charge is 2.28. The molecular formula is C16H22F3NO3. The molecule has 0 unspecified atom stereocenters. The van der Waals surface area contributed by atoms with E-state index in [-0.39, 0.29) is 18.1 Å². The molecule has 0 aliphatic rings. The highest BCUT2D eigenvalue weighted by molar-refractivity contribution is 5.70. The van der Waals surface area contributed by atoms with Gasteiger partial charge in [-0.2, -0.15) is 13.2 Å². The Labute approximate surface area is 134 Å². The van der Waals surface area contributed by atoms with Crippen LogP contribution in [-0.2, 0) is 16.1 Å². The minimum absolute atomic E-state index is 0.164. The molecule has 0 saturated carbocycles. The first-order chi connectivity index (χ1) is 10.6. The fraction of sp³-hybridized carbons (Fsp3) is 0.562. The number of rotatable bonds is 8. The Morgan fingerprint density at radius 3 is 2.30 bits per heavy atom. The maximum Gasteiger partial charge on any atom is 0.422 e. The topological polar surface area (TPSA) is 47.6 Å². The van der Waals surface area contributed by atoms with E-state index in [1.165, 1.54) is 12.1 Å². The van der Waals surface area contributed by atoms with Crippen molar-refractivity contribution in [1.29, 1.82) is 0 Å². The molecule has 0 aliphatic carbocycles. The minimum atomic E-state index is -4.35. The number of alkyl halides is 3. The van der Waals surface area contributed by atoms with E-state index in [0.717, 1.165) is 5.56 Å². The lowest BCUT2D eigenvalue weighted by atomic mass is 10.0. The van der Waals surface area contributed by atoms with Crippen LogP contribution in [0.5, 0.6) is 5.75 Å². The van der Waals surface area contributed by atoms with Crippen molar-refractivity contribution in [1.82, 2.24) is 5.32 Å². The van der Waals surface area contributed by atoms with Gasteiger partial charge in [0.05, 0.1) is 13.0 Å². The first-order valence-corrected chi connectivity index (χ1v) is 7.30. The van der Waals surface area contributed by atoms with Gasteiger partial charge in [-0.1, -0.05) is 12.1 Å². The van der Waals surface area contributed by atoms with Crippen LogP contribution in [0.3, 0.4) is 0 Å². The molecule has 130 valence electrons. The highest BCUT2D eigenvalue weighted by atomic mass is 19.4. The monoisotopic (exact) mass is 333 g/mol. The van der Waals surface area contributed by atoms with Crippen LogP contribution in [0.2, 0.25) is 0 Å². The van der Waals surface area contributed by atoms with Crippen LogP contribution in [0.4, 0.5) is 13.2 Å². The van der Waals surface area contributed by atoms with E-state index in [2.05, 4.69) is 10.1 Å². The number of carbonyl (C=O) groups excluding carboxylic acids is 1. The van der Waals surface area contributed by atoms with Crippen LogP contribution in [-0.4, -0.2) is 30.9 Å². The van der Waals surface area contributed by atoms with E-state index in [9.17, 15) is 18.0 Å². The summed E-state index contributed by atoms with van der Waals surface area (Å²) in [6, 6.07) is 6.33. The quantitative estimate of drug-likeness (QED) is 0.740. The molecule has 1 N–H and O–H groups in total. The summed E-state index contributed by atoms with van der Waals surface area (Å²) in [5.41, 5.74) is 0.429. The first-order valence-electron chi connectivity index (χ1n) is 7.30. The lowest BCUT2D eigenvalue weighted by Gasteiger charge is -2.25. The van der Waals surface area contributed by atoms with E-state index in [1.807, 2.05) is 13.8 Å². The van der Waals surface area contributed by atoms with Gasteiger partial charge in [0, 0.05) is 12.1 Å². The zero-order chi connectivity index (χ0) is 17.5. The Balaban J connectivity index is 2.47. The second-order valence-corrected chi connectivity index (χ2v) is 5.77. The molecule has 1 aromatic carbocycles. The predicted molar refractivity (Wildman–Crippen MR) is 80.2 cm³/mol. The Hall–Kier alpha value is -1.76. The third kappa shape index (κ3) is 8.44. The summed E-state index contributed by atoms with van der Waals surface area (Å²) in [4.78, 5) is 11.5. The lowest BCUT2D eigenvalue weighted by molar-refractivity contribution is -0.153. The smallest absolute Gasteiger partial charge is 0.422 e. The van der Waals surface area contributed by atoms with Crippen LogP contribution >= 0.6 is 0 Å². The van der Waals surface area contributed by atoms with Gasteiger partial charge in [0.1, 0.15) is 5.75 Å². The van der Waals surface area contributed by atoms with Crippen molar-refractivity contribution in [2.45, 2.75) is 45.5 Å². The summed E-state index contributed by atoms with van der Waals surface area (Å²) >= 11 is 0. The van der Waals surface area contributed by atoms with Gasteiger partial charge in [-0.05, 0) is 38.5 Å². The fourth-order valence-electron chi connectivity index (χ4n) is 1.85. The summed E-state index contributed by atoms with van der Waals surface area (Å²) < 4.78 is 45.7. The number of halogens is 3. The second kappa shape index (κ2) is 8.19. The molecule has 23 heavy (non-hydrogen) atoms. The van der Waals surface area contributed by atoms with E-state index in [0.29, 0.717) is 13.2 Å². The summed E-state index contributed by atoms with van der Waals surface area (Å²) in [6.45, 7) is 5.02. The molecule has 1 rings (SSSR count).